The standard InChI is InChI=1S/C16H12Cl2N6OS/c1-10(25)15(20-19-14-8-7-11(17)9-13(14)18)26-16-21-22-23-24(16)12-5-3-2-4-6-12/h2-9,19H,1H3/b20-15-. The Hall–Kier alpha value is -2.42. The first-order valence-corrected chi connectivity index (χ1v) is 8.93. The number of anilines is 1. The van der Waals surface area contributed by atoms with E-state index in [1.165, 1.54) is 11.6 Å². The predicted molar refractivity (Wildman–Crippen MR) is 103 cm³/mol. The zero-order valence-corrected chi connectivity index (χ0v) is 15.8. The van der Waals surface area contributed by atoms with Gasteiger partial charge in [0.1, 0.15) is 0 Å². The molecule has 0 bridgehead atoms. The first-order valence-electron chi connectivity index (χ1n) is 7.36. The number of halogens is 2. The Labute approximate surface area is 163 Å². The third-order valence-corrected chi connectivity index (χ3v) is 4.70. The molecule has 0 unspecified atom stereocenters. The molecule has 0 aliphatic heterocycles. The fraction of sp³-hybridized carbons (Fsp3) is 0.0625. The molecule has 0 saturated heterocycles. The zero-order chi connectivity index (χ0) is 18.5. The van der Waals surface area contributed by atoms with Gasteiger partial charge in [0.25, 0.3) is 0 Å². The number of carbonyl (C=O) groups excluding carboxylic acids is 1. The lowest BCUT2D eigenvalue weighted by Gasteiger charge is -2.07. The van der Waals surface area contributed by atoms with Crippen molar-refractivity contribution < 1.29 is 4.79 Å². The number of hydrogen-bond acceptors (Lipinski definition) is 7. The molecule has 0 aliphatic rings. The predicted octanol–water partition coefficient (Wildman–Crippen LogP) is 4.08. The molecule has 0 radical (unpaired) electrons. The molecule has 0 aliphatic carbocycles. The number of carbonyl (C=O) groups is 1. The van der Waals surface area contributed by atoms with Crippen LogP contribution in [0, 0.1) is 0 Å². The molecule has 2 aromatic carbocycles. The first kappa shape index (κ1) is 18.4. The third-order valence-electron chi connectivity index (χ3n) is 3.14. The summed E-state index contributed by atoms with van der Waals surface area (Å²) in [5.41, 5.74) is 4.07. The highest BCUT2D eigenvalue weighted by molar-refractivity contribution is 8.15. The van der Waals surface area contributed by atoms with E-state index >= 15 is 0 Å². The van der Waals surface area contributed by atoms with E-state index in [4.69, 9.17) is 23.2 Å². The molecule has 1 heterocycles. The van der Waals surface area contributed by atoms with Gasteiger partial charge in [-0.15, -0.1) is 5.10 Å². The number of thioether (sulfide) groups is 1. The molecule has 0 amide bonds. The summed E-state index contributed by atoms with van der Waals surface area (Å²) >= 11 is 13.0. The van der Waals surface area contributed by atoms with Gasteiger partial charge in [-0.1, -0.05) is 41.4 Å². The molecule has 26 heavy (non-hydrogen) atoms. The largest absolute Gasteiger partial charge is 0.292 e. The minimum atomic E-state index is -0.241. The SMILES string of the molecule is CC(=O)/C(=N/Nc1ccc(Cl)cc1Cl)Sc1nnnn1-c1ccccc1. The molecule has 0 saturated carbocycles. The summed E-state index contributed by atoms with van der Waals surface area (Å²) < 4.78 is 1.53. The molecule has 132 valence electrons. The van der Waals surface area contributed by atoms with E-state index in [0.717, 1.165) is 17.4 Å². The van der Waals surface area contributed by atoms with Crippen molar-refractivity contribution in [2.45, 2.75) is 12.1 Å². The number of benzene rings is 2. The monoisotopic (exact) mass is 406 g/mol. The van der Waals surface area contributed by atoms with Crippen molar-refractivity contribution in [2.75, 3.05) is 5.43 Å². The highest BCUT2D eigenvalue weighted by atomic mass is 35.5. The molecule has 1 N–H and O–H groups in total. The maximum Gasteiger partial charge on any atom is 0.220 e. The molecular weight excluding hydrogens is 395 g/mol. The van der Waals surface area contributed by atoms with Gasteiger partial charge in [-0.2, -0.15) is 9.78 Å². The Morgan fingerprint density at radius 1 is 1.19 bits per heavy atom. The topological polar surface area (TPSA) is 85.1 Å². The normalized spacial score (nSPS) is 11.4. The van der Waals surface area contributed by atoms with E-state index < -0.39 is 0 Å². The first-order chi connectivity index (χ1) is 12.5. The van der Waals surface area contributed by atoms with Crippen molar-refractivity contribution >= 4 is 51.5 Å². The number of ketones is 1. The van der Waals surface area contributed by atoms with Crippen molar-refractivity contribution in [3.8, 4) is 5.69 Å². The van der Waals surface area contributed by atoms with Gasteiger partial charge in [0.2, 0.25) is 5.16 Å². The Morgan fingerprint density at radius 2 is 1.96 bits per heavy atom. The van der Waals surface area contributed by atoms with Gasteiger partial charge in [-0.3, -0.25) is 10.2 Å². The maximum absolute atomic E-state index is 12.0. The highest BCUT2D eigenvalue weighted by Crippen LogP contribution is 2.26. The lowest BCUT2D eigenvalue weighted by molar-refractivity contribution is -0.110. The zero-order valence-electron chi connectivity index (χ0n) is 13.4. The lowest BCUT2D eigenvalue weighted by atomic mass is 10.3. The number of hydrogen-bond donors (Lipinski definition) is 1. The maximum atomic E-state index is 12.0. The van der Waals surface area contributed by atoms with Gasteiger partial charge in [0.15, 0.2) is 10.8 Å². The second-order valence-electron chi connectivity index (χ2n) is 5.02. The highest BCUT2D eigenvalue weighted by Gasteiger charge is 2.16. The molecule has 3 rings (SSSR count). The van der Waals surface area contributed by atoms with Crippen LogP contribution >= 0.6 is 35.0 Å². The van der Waals surface area contributed by atoms with E-state index in [9.17, 15) is 4.79 Å². The number of aromatic nitrogens is 4. The average molecular weight is 407 g/mol. The van der Waals surface area contributed by atoms with Crippen LogP contribution in [0.15, 0.2) is 58.8 Å². The van der Waals surface area contributed by atoms with Crippen LogP contribution in [0.1, 0.15) is 6.92 Å². The van der Waals surface area contributed by atoms with Gasteiger partial charge in [-0.25, -0.2) is 0 Å². The molecule has 10 heteroatoms. The molecule has 0 fully saturated rings. The lowest BCUT2D eigenvalue weighted by Crippen LogP contribution is -2.10. The van der Waals surface area contributed by atoms with Crippen LogP contribution < -0.4 is 5.43 Å². The molecule has 0 atom stereocenters. The summed E-state index contributed by atoms with van der Waals surface area (Å²) in [5, 5.41) is 17.2. The van der Waals surface area contributed by atoms with Gasteiger partial charge in [0.05, 0.1) is 16.4 Å². The van der Waals surface area contributed by atoms with Crippen molar-refractivity contribution in [3.05, 3.63) is 58.6 Å². The summed E-state index contributed by atoms with van der Waals surface area (Å²) in [6.45, 7) is 1.41. The van der Waals surface area contributed by atoms with Gasteiger partial charge < -0.3 is 0 Å². The number of nitrogens with zero attached hydrogens (tertiary/aromatic N) is 5. The van der Waals surface area contributed by atoms with Crippen LogP contribution in [0.2, 0.25) is 10.0 Å². The Kier molecular flexibility index (Phi) is 5.87. The van der Waals surface area contributed by atoms with Crippen LogP contribution in [0.5, 0.6) is 0 Å². The van der Waals surface area contributed by atoms with E-state index in [1.807, 2.05) is 30.3 Å². The number of nitrogens with one attached hydrogen (secondary N) is 1. The van der Waals surface area contributed by atoms with Gasteiger partial charge in [-0.05, 0) is 52.5 Å². The molecule has 1 aromatic heterocycles. The van der Waals surface area contributed by atoms with Gasteiger partial charge in [0, 0.05) is 11.9 Å². The van der Waals surface area contributed by atoms with Crippen LogP contribution in [0.4, 0.5) is 5.69 Å². The quantitative estimate of drug-likeness (QED) is 0.297. The molecule has 0 spiro atoms. The minimum Gasteiger partial charge on any atom is -0.292 e. The smallest absolute Gasteiger partial charge is 0.220 e. The number of para-hydroxylation sites is 1. The minimum absolute atomic E-state index is 0.183. The Bertz CT molecular complexity index is 960. The summed E-state index contributed by atoms with van der Waals surface area (Å²) in [4.78, 5) is 12.0. The Balaban J connectivity index is 1.84. The number of Topliss-reactive ketones (excluding diaryl/α,β-unsaturated/α-hetero) is 1. The second kappa shape index (κ2) is 8.31. The Morgan fingerprint density at radius 3 is 2.65 bits per heavy atom. The summed E-state index contributed by atoms with van der Waals surface area (Å²) in [5.74, 6) is -0.241. The van der Waals surface area contributed by atoms with Crippen LogP contribution in [0.3, 0.4) is 0 Å². The van der Waals surface area contributed by atoms with Crippen molar-refractivity contribution in [1.29, 1.82) is 0 Å². The van der Waals surface area contributed by atoms with E-state index in [0.29, 0.717) is 20.9 Å². The summed E-state index contributed by atoms with van der Waals surface area (Å²) in [6.07, 6.45) is 0. The van der Waals surface area contributed by atoms with Crippen molar-refractivity contribution in [2.24, 2.45) is 5.10 Å². The molecule has 3 aromatic rings. The van der Waals surface area contributed by atoms with Crippen molar-refractivity contribution in [3.63, 3.8) is 0 Å². The second-order valence-corrected chi connectivity index (χ2v) is 6.82. The van der Waals surface area contributed by atoms with E-state index in [1.54, 1.807) is 18.2 Å². The van der Waals surface area contributed by atoms with Crippen LogP contribution in [-0.2, 0) is 4.79 Å². The van der Waals surface area contributed by atoms with E-state index in [2.05, 4.69) is 26.1 Å². The molecular formula is C16H12Cl2N6OS. The fourth-order valence-electron chi connectivity index (χ4n) is 1.92. The average Bonchev–Trinajstić information content (AvgIpc) is 3.08. The van der Waals surface area contributed by atoms with Gasteiger partial charge >= 0.3 is 0 Å². The molecule has 7 nitrogen and oxygen atoms in total. The fourth-order valence-corrected chi connectivity index (χ4v) is 3.09. The van der Waals surface area contributed by atoms with E-state index in [-0.39, 0.29) is 10.8 Å². The summed E-state index contributed by atoms with van der Waals surface area (Å²) in [7, 11) is 0. The van der Waals surface area contributed by atoms with Crippen molar-refractivity contribution in [1.82, 2.24) is 20.2 Å². The third kappa shape index (κ3) is 4.40. The number of rotatable bonds is 5. The number of tetrazole rings is 1. The number of hydrazone groups is 1. The van der Waals surface area contributed by atoms with Crippen LogP contribution in [-0.4, -0.2) is 31.0 Å². The summed E-state index contributed by atoms with van der Waals surface area (Å²) in [6, 6.07) is 14.3. The van der Waals surface area contributed by atoms with Crippen LogP contribution in [0.25, 0.3) is 5.69 Å².